The Balaban J connectivity index is 1.84. The Bertz CT molecular complexity index is 1220. The van der Waals surface area contributed by atoms with Crippen LogP contribution in [0.4, 0.5) is 0 Å². The zero-order chi connectivity index (χ0) is 19.0. The van der Waals surface area contributed by atoms with Crippen LogP contribution in [0.3, 0.4) is 0 Å². The summed E-state index contributed by atoms with van der Waals surface area (Å²) in [6.45, 7) is 2.37. The molecule has 28 heavy (non-hydrogen) atoms. The summed E-state index contributed by atoms with van der Waals surface area (Å²) in [4.78, 5) is 0.348. The van der Waals surface area contributed by atoms with Gasteiger partial charge < -0.3 is 0 Å². The Morgan fingerprint density at radius 3 is 2.21 bits per heavy atom. The summed E-state index contributed by atoms with van der Waals surface area (Å²) in [6, 6.07) is 24.8. The van der Waals surface area contributed by atoms with Crippen LogP contribution in [0.5, 0.6) is 0 Å². The lowest BCUT2D eigenvalue weighted by Gasteiger charge is -2.37. The third-order valence-electron chi connectivity index (χ3n) is 6.70. The van der Waals surface area contributed by atoms with E-state index in [1.807, 2.05) is 0 Å². The fourth-order valence-corrected chi connectivity index (χ4v) is 6.43. The van der Waals surface area contributed by atoms with Crippen molar-refractivity contribution in [2.45, 2.75) is 17.2 Å². The smallest absolute Gasteiger partial charge is 0.0691 e. The minimum absolute atomic E-state index is 0.210. The van der Waals surface area contributed by atoms with Gasteiger partial charge in [0.2, 0.25) is 0 Å². The third kappa shape index (κ3) is 1.91. The van der Waals surface area contributed by atoms with E-state index < -0.39 is 0 Å². The number of alkyl halides is 1. The molecule has 3 unspecified atom stereocenters. The van der Waals surface area contributed by atoms with Crippen molar-refractivity contribution >= 4 is 37.4 Å². The number of halogens is 2. The molecule has 0 fully saturated rings. The number of hydrogen-bond acceptors (Lipinski definition) is 0. The largest absolute Gasteiger partial charge is 0.0839 e. The van der Waals surface area contributed by atoms with Gasteiger partial charge in [-0.05, 0) is 62.6 Å². The highest BCUT2D eigenvalue weighted by Gasteiger charge is 2.54. The van der Waals surface area contributed by atoms with E-state index in [-0.39, 0.29) is 5.41 Å². The number of benzene rings is 3. The number of fused-ring (bicyclic) bond motifs is 9. The molecular weight excluding hydrogens is 472 g/mol. The SMILES string of the molecule is CC1C2=C(C=CC1Br)c1ccccc1C21c2ccccc2-c2ccc(Br)cc21. The summed E-state index contributed by atoms with van der Waals surface area (Å²) in [5.41, 5.74) is 11.1. The first kappa shape index (κ1) is 17.0. The van der Waals surface area contributed by atoms with Gasteiger partial charge in [-0.25, -0.2) is 0 Å². The molecule has 3 aliphatic rings. The monoisotopic (exact) mass is 488 g/mol. The maximum absolute atomic E-state index is 3.93. The van der Waals surface area contributed by atoms with E-state index in [9.17, 15) is 0 Å². The van der Waals surface area contributed by atoms with E-state index in [0.717, 1.165) is 4.47 Å². The molecule has 6 rings (SSSR count). The Kier molecular flexibility index (Phi) is 3.53. The number of hydrogen-bond donors (Lipinski definition) is 0. The van der Waals surface area contributed by atoms with Crippen LogP contribution in [-0.2, 0) is 5.41 Å². The van der Waals surface area contributed by atoms with Gasteiger partial charge >= 0.3 is 0 Å². The van der Waals surface area contributed by atoms with E-state index in [0.29, 0.717) is 10.7 Å². The van der Waals surface area contributed by atoms with Gasteiger partial charge in [-0.2, -0.15) is 0 Å². The van der Waals surface area contributed by atoms with Crippen LogP contribution < -0.4 is 0 Å². The Hall–Kier alpha value is -1.90. The minimum atomic E-state index is -0.210. The maximum atomic E-state index is 3.93. The van der Waals surface area contributed by atoms with Crippen molar-refractivity contribution in [1.29, 1.82) is 0 Å². The van der Waals surface area contributed by atoms with Crippen LogP contribution in [0.2, 0.25) is 0 Å². The molecule has 0 bridgehead atoms. The second-order valence-electron chi connectivity index (χ2n) is 7.95. The second kappa shape index (κ2) is 5.81. The molecule has 0 radical (unpaired) electrons. The molecule has 0 aliphatic heterocycles. The number of rotatable bonds is 0. The summed E-state index contributed by atoms with van der Waals surface area (Å²) in [6.07, 6.45) is 4.64. The quantitative estimate of drug-likeness (QED) is 0.287. The molecule has 0 nitrogen and oxygen atoms in total. The molecule has 1 spiro atoms. The first-order valence-electron chi connectivity index (χ1n) is 9.70. The lowest BCUT2D eigenvalue weighted by molar-refractivity contribution is 0.604. The zero-order valence-corrected chi connectivity index (χ0v) is 18.6. The average Bonchev–Trinajstić information content (AvgIpc) is 3.17. The van der Waals surface area contributed by atoms with Gasteiger partial charge in [0, 0.05) is 9.30 Å². The lowest BCUT2D eigenvalue weighted by Crippen LogP contribution is -2.33. The van der Waals surface area contributed by atoms with Gasteiger partial charge in [0.15, 0.2) is 0 Å². The van der Waals surface area contributed by atoms with Crippen LogP contribution in [0.15, 0.2) is 88.9 Å². The molecule has 3 aromatic carbocycles. The Labute approximate surface area is 182 Å². The van der Waals surface area contributed by atoms with Crippen molar-refractivity contribution in [3.8, 4) is 11.1 Å². The van der Waals surface area contributed by atoms with Crippen LogP contribution >= 0.6 is 31.9 Å². The van der Waals surface area contributed by atoms with Crippen molar-refractivity contribution in [2.24, 2.45) is 5.92 Å². The van der Waals surface area contributed by atoms with E-state index in [4.69, 9.17) is 0 Å². The summed E-state index contributed by atoms with van der Waals surface area (Å²) in [5, 5.41) is 0. The molecule has 2 heteroatoms. The van der Waals surface area contributed by atoms with E-state index in [2.05, 4.69) is 118 Å². The van der Waals surface area contributed by atoms with E-state index in [1.54, 1.807) is 0 Å². The highest BCUT2D eigenvalue weighted by molar-refractivity contribution is 9.10. The van der Waals surface area contributed by atoms with Gasteiger partial charge in [-0.15, -0.1) is 0 Å². The second-order valence-corrected chi connectivity index (χ2v) is 9.92. The summed E-state index contributed by atoms with van der Waals surface area (Å²) in [5.74, 6) is 0.408. The predicted octanol–water partition coefficient (Wildman–Crippen LogP) is 7.50. The highest BCUT2D eigenvalue weighted by atomic mass is 79.9. The molecule has 0 saturated heterocycles. The zero-order valence-electron chi connectivity index (χ0n) is 15.4. The van der Waals surface area contributed by atoms with Crippen LogP contribution in [-0.4, -0.2) is 4.83 Å². The van der Waals surface area contributed by atoms with Gasteiger partial charge in [-0.1, -0.05) is 106 Å². The van der Waals surface area contributed by atoms with Gasteiger partial charge in [0.25, 0.3) is 0 Å². The topological polar surface area (TPSA) is 0 Å². The van der Waals surface area contributed by atoms with Gasteiger partial charge in [-0.3, -0.25) is 0 Å². The Morgan fingerprint density at radius 2 is 1.43 bits per heavy atom. The van der Waals surface area contributed by atoms with Crippen LogP contribution in [0, 0.1) is 5.92 Å². The fraction of sp³-hybridized carbons (Fsp3) is 0.154. The summed E-state index contributed by atoms with van der Waals surface area (Å²) < 4.78 is 1.14. The van der Waals surface area contributed by atoms with Crippen LogP contribution in [0.1, 0.15) is 29.2 Å². The normalized spacial score (nSPS) is 26.2. The van der Waals surface area contributed by atoms with E-state index >= 15 is 0 Å². The molecule has 0 N–H and O–H groups in total. The van der Waals surface area contributed by atoms with E-state index in [1.165, 1.54) is 44.5 Å². The molecule has 3 aromatic rings. The third-order valence-corrected chi connectivity index (χ3v) is 8.29. The molecule has 3 aliphatic carbocycles. The minimum Gasteiger partial charge on any atom is -0.0839 e. The fourth-order valence-electron chi connectivity index (χ4n) is 5.65. The molecule has 3 atom stereocenters. The van der Waals surface area contributed by atoms with Gasteiger partial charge in [0.05, 0.1) is 5.41 Å². The molecule has 0 aromatic heterocycles. The lowest BCUT2D eigenvalue weighted by atomic mass is 9.65. The first-order chi connectivity index (χ1) is 13.6. The van der Waals surface area contributed by atoms with Crippen LogP contribution in [0.25, 0.3) is 16.7 Å². The molecule has 0 heterocycles. The van der Waals surface area contributed by atoms with Crippen molar-refractivity contribution in [1.82, 2.24) is 0 Å². The van der Waals surface area contributed by atoms with Crippen molar-refractivity contribution in [2.75, 3.05) is 0 Å². The molecule has 0 saturated carbocycles. The predicted molar refractivity (Wildman–Crippen MR) is 124 cm³/mol. The van der Waals surface area contributed by atoms with Gasteiger partial charge in [0.1, 0.15) is 0 Å². The highest BCUT2D eigenvalue weighted by Crippen LogP contribution is 2.64. The number of allylic oxidation sites excluding steroid dienone is 4. The van der Waals surface area contributed by atoms with Crippen molar-refractivity contribution in [3.63, 3.8) is 0 Å². The standard InChI is InChI=1S/C26H18Br2/c1-15-24(28)13-12-20-18-7-3-5-9-22(18)26(25(15)20)21-8-4-2-6-17(21)19-11-10-16(27)14-23(19)26/h2-15,24H,1H3. The van der Waals surface area contributed by atoms with Crippen molar-refractivity contribution in [3.05, 3.63) is 111 Å². The molecule has 0 amide bonds. The summed E-state index contributed by atoms with van der Waals surface area (Å²) >= 11 is 7.69. The summed E-state index contributed by atoms with van der Waals surface area (Å²) in [7, 11) is 0. The Morgan fingerprint density at radius 1 is 0.786 bits per heavy atom. The molecule has 136 valence electrons. The molecular formula is C26H18Br2. The average molecular weight is 490 g/mol. The first-order valence-corrected chi connectivity index (χ1v) is 11.4. The maximum Gasteiger partial charge on any atom is 0.0691 e. The van der Waals surface area contributed by atoms with Crippen molar-refractivity contribution < 1.29 is 0 Å².